The number of piperidine rings is 1. The quantitative estimate of drug-likeness (QED) is 0.843. The predicted molar refractivity (Wildman–Crippen MR) is 69.1 cm³/mol. The van der Waals surface area contributed by atoms with Crippen molar-refractivity contribution in [3.63, 3.8) is 0 Å². The Labute approximate surface area is 103 Å². The monoisotopic (exact) mass is 231 g/mol. The highest BCUT2D eigenvalue weighted by Crippen LogP contribution is 2.22. The fourth-order valence-electron chi connectivity index (χ4n) is 2.97. The third-order valence-corrected chi connectivity index (χ3v) is 4.03. The van der Waals surface area contributed by atoms with E-state index in [0.29, 0.717) is 0 Å². The van der Waals surface area contributed by atoms with Gasteiger partial charge < -0.3 is 10.1 Å². The summed E-state index contributed by atoms with van der Waals surface area (Å²) in [6, 6.07) is 7.01. The first kappa shape index (κ1) is 11.2. The molecule has 2 nitrogen and oxygen atoms in total. The van der Waals surface area contributed by atoms with Gasteiger partial charge in [-0.05, 0) is 61.4 Å². The molecule has 17 heavy (non-hydrogen) atoms. The number of ether oxygens (including phenoxy) is 1. The summed E-state index contributed by atoms with van der Waals surface area (Å²) in [4.78, 5) is 0. The molecule has 2 aliphatic rings. The highest BCUT2D eigenvalue weighted by molar-refractivity contribution is 5.33. The van der Waals surface area contributed by atoms with E-state index in [4.69, 9.17) is 4.74 Å². The molecule has 0 unspecified atom stereocenters. The van der Waals surface area contributed by atoms with Crippen molar-refractivity contribution in [1.29, 1.82) is 0 Å². The Morgan fingerprint density at radius 1 is 1.18 bits per heavy atom. The molecular formula is C15H21NO. The molecule has 1 aromatic carbocycles. The van der Waals surface area contributed by atoms with E-state index in [-0.39, 0.29) is 0 Å². The summed E-state index contributed by atoms with van der Waals surface area (Å²) in [6.07, 6.45) is 4.99. The normalized spacial score (nSPS) is 21.2. The molecule has 1 N–H and O–H groups in total. The summed E-state index contributed by atoms with van der Waals surface area (Å²) in [7, 11) is 0. The van der Waals surface area contributed by atoms with E-state index in [1.165, 1.54) is 49.0 Å². The highest BCUT2D eigenvalue weighted by atomic mass is 16.5. The van der Waals surface area contributed by atoms with E-state index < -0.39 is 0 Å². The molecule has 2 heteroatoms. The predicted octanol–water partition coefficient (Wildman–Crippen LogP) is 2.30. The van der Waals surface area contributed by atoms with Gasteiger partial charge in [0.1, 0.15) is 0 Å². The maximum Gasteiger partial charge on any atom is 0.0719 e. The molecule has 92 valence electrons. The van der Waals surface area contributed by atoms with Crippen LogP contribution < -0.4 is 5.32 Å². The van der Waals surface area contributed by atoms with Crippen molar-refractivity contribution in [2.75, 3.05) is 19.7 Å². The van der Waals surface area contributed by atoms with Gasteiger partial charge in [0, 0.05) is 0 Å². The van der Waals surface area contributed by atoms with Crippen molar-refractivity contribution in [2.24, 2.45) is 5.92 Å². The largest absolute Gasteiger partial charge is 0.376 e. The van der Waals surface area contributed by atoms with E-state index >= 15 is 0 Å². The minimum atomic E-state index is 0.815. The molecule has 1 aromatic rings. The lowest BCUT2D eigenvalue weighted by Crippen LogP contribution is -2.28. The zero-order valence-corrected chi connectivity index (χ0v) is 10.4. The molecule has 0 bridgehead atoms. The van der Waals surface area contributed by atoms with E-state index in [0.717, 1.165) is 25.6 Å². The standard InChI is InChI=1S/C15H21NO/c1-2-14-5-8-17-11-15(14)10-13(1)9-12-3-6-16-7-4-12/h1-2,10,12,16H,3-9,11H2. The summed E-state index contributed by atoms with van der Waals surface area (Å²) in [6.45, 7) is 4.09. The van der Waals surface area contributed by atoms with Crippen molar-refractivity contribution >= 4 is 0 Å². The molecule has 0 amide bonds. The van der Waals surface area contributed by atoms with Gasteiger partial charge in [0.05, 0.1) is 13.2 Å². The third-order valence-electron chi connectivity index (χ3n) is 4.03. The van der Waals surface area contributed by atoms with Gasteiger partial charge in [-0.3, -0.25) is 0 Å². The van der Waals surface area contributed by atoms with Gasteiger partial charge in [-0.2, -0.15) is 0 Å². The molecule has 0 saturated carbocycles. The van der Waals surface area contributed by atoms with Gasteiger partial charge in [-0.15, -0.1) is 0 Å². The smallest absolute Gasteiger partial charge is 0.0719 e. The summed E-state index contributed by atoms with van der Waals surface area (Å²) >= 11 is 0. The Balaban J connectivity index is 1.70. The number of rotatable bonds is 2. The van der Waals surface area contributed by atoms with Crippen LogP contribution in [0.15, 0.2) is 18.2 Å². The van der Waals surface area contributed by atoms with Crippen molar-refractivity contribution in [3.05, 3.63) is 34.9 Å². The first-order valence-electron chi connectivity index (χ1n) is 6.81. The van der Waals surface area contributed by atoms with Crippen molar-refractivity contribution < 1.29 is 4.74 Å². The molecule has 2 heterocycles. The molecule has 0 atom stereocenters. The average Bonchev–Trinajstić information content (AvgIpc) is 2.40. The minimum absolute atomic E-state index is 0.815. The van der Waals surface area contributed by atoms with Crippen LogP contribution in [-0.2, 0) is 24.2 Å². The van der Waals surface area contributed by atoms with E-state index in [9.17, 15) is 0 Å². The first-order valence-corrected chi connectivity index (χ1v) is 6.81. The number of benzene rings is 1. The van der Waals surface area contributed by atoms with Gasteiger partial charge in [0.2, 0.25) is 0 Å². The van der Waals surface area contributed by atoms with Gasteiger partial charge in [-0.25, -0.2) is 0 Å². The molecular weight excluding hydrogens is 210 g/mol. The first-order chi connectivity index (χ1) is 8.42. The van der Waals surface area contributed by atoms with Crippen LogP contribution in [-0.4, -0.2) is 19.7 Å². The fraction of sp³-hybridized carbons (Fsp3) is 0.600. The Kier molecular flexibility index (Phi) is 3.44. The maximum atomic E-state index is 5.53. The minimum Gasteiger partial charge on any atom is -0.376 e. The topological polar surface area (TPSA) is 21.3 Å². The average molecular weight is 231 g/mol. The van der Waals surface area contributed by atoms with Crippen LogP contribution in [0, 0.1) is 5.92 Å². The summed E-state index contributed by atoms with van der Waals surface area (Å²) < 4.78 is 5.53. The Morgan fingerprint density at radius 2 is 2.06 bits per heavy atom. The summed E-state index contributed by atoms with van der Waals surface area (Å²) in [5, 5.41) is 3.43. The zero-order valence-electron chi connectivity index (χ0n) is 10.4. The second-order valence-corrected chi connectivity index (χ2v) is 5.30. The van der Waals surface area contributed by atoms with Crippen LogP contribution >= 0.6 is 0 Å². The molecule has 0 spiro atoms. The van der Waals surface area contributed by atoms with Crippen LogP contribution in [0.3, 0.4) is 0 Å². The van der Waals surface area contributed by atoms with Gasteiger partial charge in [-0.1, -0.05) is 18.2 Å². The Morgan fingerprint density at radius 3 is 2.94 bits per heavy atom. The summed E-state index contributed by atoms with van der Waals surface area (Å²) in [5.41, 5.74) is 4.41. The number of hydrogen-bond acceptors (Lipinski definition) is 2. The molecule has 1 saturated heterocycles. The van der Waals surface area contributed by atoms with Crippen molar-refractivity contribution in [2.45, 2.75) is 32.3 Å². The lowest BCUT2D eigenvalue weighted by molar-refractivity contribution is 0.110. The SMILES string of the molecule is c1cc2c(cc1CC1CCNCC1)COCC2. The van der Waals surface area contributed by atoms with E-state index in [2.05, 4.69) is 23.5 Å². The molecule has 0 aliphatic carbocycles. The van der Waals surface area contributed by atoms with E-state index in [1.54, 1.807) is 0 Å². The molecule has 0 aromatic heterocycles. The van der Waals surface area contributed by atoms with Crippen LogP contribution in [0.2, 0.25) is 0 Å². The van der Waals surface area contributed by atoms with Crippen molar-refractivity contribution in [1.82, 2.24) is 5.32 Å². The number of fused-ring (bicyclic) bond motifs is 1. The van der Waals surface area contributed by atoms with Crippen LogP contribution in [0.25, 0.3) is 0 Å². The maximum absolute atomic E-state index is 5.53. The van der Waals surface area contributed by atoms with E-state index in [1.807, 2.05) is 0 Å². The van der Waals surface area contributed by atoms with Gasteiger partial charge >= 0.3 is 0 Å². The molecule has 2 aliphatic heterocycles. The second kappa shape index (κ2) is 5.19. The van der Waals surface area contributed by atoms with Crippen molar-refractivity contribution in [3.8, 4) is 0 Å². The molecule has 1 fully saturated rings. The Hall–Kier alpha value is -0.860. The van der Waals surface area contributed by atoms with Crippen LogP contribution in [0.5, 0.6) is 0 Å². The van der Waals surface area contributed by atoms with Gasteiger partial charge in [0.25, 0.3) is 0 Å². The lowest BCUT2D eigenvalue weighted by atomic mass is 9.89. The van der Waals surface area contributed by atoms with Gasteiger partial charge in [0.15, 0.2) is 0 Å². The highest BCUT2D eigenvalue weighted by Gasteiger charge is 2.15. The Bertz CT molecular complexity index is 383. The number of hydrogen-bond donors (Lipinski definition) is 1. The second-order valence-electron chi connectivity index (χ2n) is 5.30. The number of nitrogens with one attached hydrogen (secondary N) is 1. The van der Waals surface area contributed by atoms with Crippen LogP contribution in [0.4, 0.5) is 0 Å². The summed E-state index contributed by atoms with van der Waals surface area (Å²) in [5.74, 6) is 0.874. The molecule has 3 rings (SSSR count). The zero-order chi connectivity index (χ0) is 11.5. The molecule has 0 radical (unpaired) electrons. The third kappa shape index (κ3) is 2.70. The lowest BCUT2D eigenvalue weighted by Gasteiger charge is -2.23. The van der Waals surface area contributed by atoms with Crippen LogP contribution in [0.1, 0.15) is 29.5 Å². The fourth-order valence-corrected chi connectivity index (χ4v) is 2.97.